The Kier molecular flexibility index (Phi) is 4.77. The zero-order valence-corrected chi connectivity index (χ0v) is 12.0. The lowest BCUT2D eigenvalue weighted by atomic mass is 10.1. The second-order valence-electron chi connectivity index (χ2n) is 3.98. The highest BCUT2D eigenvalue weighted by molar-refractivity contribution is 9.10. The zero-order chi connectivity index (χ0) is 13.0. The highest BCUT2D eigenvalue weighted by atomic mass is 79.9. The molecule has 3 N–H and O–H groups in total. The van der Waals surface area contributed by atoms with E-state index in [-0.39, 0.29) is 5.75 Å². The van der Waals surface area contributed by atoms with E-state index in [1.165, 1.54) is 0 Å². The monoisotopic (exact) mass is 327 g/mol. The molecule has 2 rings (SSSR count). The van der Waals surface area contributed by atoms with Crippen molar-refractivity contribution in [3.05, 3.63) is 50.6 Å². The summed E-state index contributed by atoms with van der Waals surface area (Å²) in [5, 5.41) is 26.6. The Morgan fingerprint density at radius 1 is 1.33 bits per heavy atom. The van der Waals surface area contributed by atoms with Gasteiger partial charge >= 0.3 is 0 Å². The summed E-state index contributed by atoms with van der Waals surface area (Å²) in [6.45, 7) is 0.981. The van der Waals surface area contributed by atoms with Crippen LogP contribution in [-0.4, -0.2) is 16.8 Å². The van der Waals surface area contributed by atoms with E-state index in [0.29, 0.717) is 13.1 Å². The lowest BCUT2D eigenvalue weighted by Gasteiger charge is -2.11. The average molecular weight is 328 g/mol. The number of thiophene rings is 1. The van der Waals surface area contributed by atoms with Crippen molar-refractivity contribution in [1.82, 2.24) is 5.32 Å². The number of phenolic OH excluding ortho intramolecular Hbond substituents is 1. The summed E-state index contributed by atoms with van der Waals surface area (Å²) in [4.78, 5) is 0. The Morgan fingerprint density at radius 3 is 2.89 bits per heavy atom. The largest absolute Gasteiger partial charge is 0.508 e. The van der Waals surface area contributed by atoms with E-state index in [9.17, 15) is 10.2 Å². The maximum Gasteiger partial charge on any atom is 0.120 e. The normalized spacial score (nSPS) is 12.6. The Hall–Kier alpha value is -0.880. The number of aliphatic hydroxyl groups is 1. The number of halogens is 1. The molecule has 2 aromatic rings. The summed E-state index contributed by atoms with van der Waals surface area (Å²) >= 11 is 4.93. The summed E-state index contributed by atoms with van der Waals surface area (Å²) in [6.07, 6.45) is -0.509. The first-order valence-electron chi connectivity index (χ1n) is 5.55. The summed E-state index contributed by atoms with van der Waals surface area (Å²) in [5.41, 5.74) is 1.73. The van der Waals surface area contributed by atoms with E-state index < -0.39 is 6.10 Å². The van der Waals surface area contributed by atoms with Crippen LogP contribution in [0, 0.1) is 0 Å². The maximum atomic E-state index is 9.88. The Morgan fingerprint density at radius 2 is 2.17 bits per heavy atom. The number of aliphatic hydroxyl groups excluding tert-OH is 1. The van der Waals surface area contributed by atoms with Crippen molar-refractivity contribution in [2.45, 2.75) is 12.6 Å². The number of aromatic hydroxyl groups is 1. The molecule has 0 amide bonds. The Labute approximate surface area is 118 Å². The third-order valence-corrected chi connectivity index (χ3v) is 3.82. The quantitative estimate of drug-likeness (QED) is 0.791. The van der Waals surface area contributed by atoms with Gasteiger partial charge in [-0.05, 0) is 40.6 Å². The fourth-order valence-corrected chi connectivity index (χ4v) is 2.74. The predicted octanol–water partition coefficient (Wildman–Crippen LogP) is 3.04. The van der Waals surface area contributed by atoms with E-state index in [1.54, 1.807) is 23.5 Å². The molecular weight excluding hydrogens is 314 g/mol. The van der Waals surface area contributed by atoms with Gasteiger partial charge in [0.15, 0.2) is 0 Å². The van der Waals surface area contributed by atoms with Gasteiger partial charge in [-0.1, -0.05) is 15.9 Å². The average Bonchev–Trinajstić information content (AvgIpc) is 2.87. The molecule has 1 aromatic carbocycles. The molecule has 0 aliphatic heterocycles. The number of rotatable bonds is 5. The molecule has 0 aliphatic carbocycles. The van der Waals surface area contributed by atoms with E-state index in [0.717, 1.165) is 15.6 Å². The van der Waals surface area contributed by atoms with Gasteiger partial charge in [0.2, 0.25) is 0 Å². The molecule has 0 bridgehead atoms. The summed E-state index contributed by atoms with van der Waals surface area (Å²) in [5.74, 6) is 0.260. The van der Waals surface area contributed by atoms with Crippen molar-refractivity contribution in [2.24, 2.45) is 0 Å². The molecule has 0 saturated carbocycles. The van der Waals surface area contributed by atoms with Gasteiger partial charge in [-0.25, -0.2) is 0 Å². The molecule has 0 spiro atoms. The van der Waals surface area contributed by atoms with Crippen molar-refractivity contribution in [1.29, 1.82) is 0 Å². The minimum absolute atomic E-state index is 0.260. The van der Waals surface area contributed by atoms with Crippen molar-refractivity contribution in [2.75, 3.05) is 6.54 Å². The molecule has 0 radical (unpaired) electrons. The fourth-order valence-electron chi connectivity index (χ4n) is 1.62. The van der Waals surface area contributed by atoms with Gasteiger partial charge in [0, 0.05) is 23.1 Å². The Bertz CT molecular complexity index is 502. The predicted molar refractivity (Wildman–Crippen MR) is 76.8 cm³/mol. The third-order valence-electron chi connectivity index (χ3n) is 2.62. The highest BCUT2D eigenvalue weighted by Crippen LogP contribution is 2.22. The van der Waals surface area contributed by atoms with Gasteiger partial charge in [0.05, 0.1) is 6.10 Å². The molecule has 0 saturated heterocycles. The first kappa shape index (κ1) is 13.5. The van der Waals surface area contributed by atoms with Crippen LogP contribution in [0.3, 0.4) is 0 Å². The molecule has 0 aliphatic rings. The molecular formula is C13H14BrNO2S. The van der Waals surface area contributed by atoms with Crippen LogP contribution in [0.5, 0.6) is 5.75 Å². The second kappa shape index (κ2) is 6.33. The van der Waals surface area contributed by atoms with Crippen LogP contribution in [-0.2, 0) is 6.54 Å². The molecule has 0 fully saturated rings. The molecule has 1 heterocycles. The number of benzene rings is 1. The van der Waals surface area contributed by atoms with Crippen molar-refractivity contribution >= 4 is 27.3 Å². The van der Waals surface area contributed by atoms with Gasteiger partial charge in [-0.15, -0.1) is 0 Å². The molecule has 3 nitrogen and oxygen atoms in total. The van der Waals surface area contributed by atoms with Gasteiger partial charge in [0.1, 0.15) is 5.75 Å². The lowest BCUT2D eigenvalue weighted by Crippen LogP contribution is -2.20. The first-order valence-corrected chi connectivity index (χ1v) is 7.28. The van der Waals surface area contributed by atoms with Crippen LogP contribution in [0.2, 0.25) is 0 Å². The summed E-state index contributed by atoms with van der Waals surface area (Å²) in [6, 6.07) is 7.21. The van der Waals surface area contributed by atoms with Gasteiger partial charge in [-0.2, -0.15) is 11.3 Å². The van der Waals surface area contributed by atoms with Crippen LogP contribution in [0.15, 0.2) is 39.5 Å². The summed E-state index contributed by atoms with van der Waals surface area (Å²) < 4.78 is 0.926. The fraction of sp³-hybridized carbons (Fsp3) is 0.231. The zero-order valence-electron chi connectivity index (χ0n) is 9.64. The van der Waals surface area contributed by atoms with E-state index >= 15 is 0 Å². The smallest absolute Gasteiger partial charge is 0.120 e. The first-order chi connectivity index (χ1) is 8.66. The van der Waals surface area contributed by atoms with Gasteiger partial charge in [-0.3, -0.25) is 0 Å². The van der Waals surface area contributed by atoms with E-state index in [4.69, 9.17) is 0 Å². The van der Waals surface area contributed by atoms with Gasteiger partial charge < -0.3 is 15.5 Å². The Balaban J connectivity index is 1.87. The number of hydrogen-bond donors (Lipinski definition) is 3. The molecule has 1 unspecified atom stereocenters. The minimum Gasteiger partial charge on any atom is -0.508 e. The van der Waals surface area contributed by atoms with Crippen LogP contribution in [0.1, 0.15) is 17.2 Å². The third kappa shape index (κ3) is 3.55. The molecule has 5 heteroatoms. The van der Waals surface area contributed by atoms with E-state index in [1.807, 2.05) is 22.9 Å². The summed E-state index contributed by atoms with van der Waals surface area (Å²) in [7, 11) is 0. The molecule has 96 valence electrons. The van der Waals surface area contributed by atoms with Crippen LogP contribution in [0.4, 0.5) is 0 Å². The van der Waals surface area contributed by atoms with Crippen LogP contribution < -0.4 is 5.32 Å². The number of nitrogens with one attached hydrogen (secondary N) is 1. The second-order valence-corrected chi connectivity index (χ2v) is 5.67. The SMILES string of the molecule is Oc1ccc(Br)cc1CNCC(O)c1ccsc1. The van der Waals surface area contributed by atoms with Crippen molar-refractivity contribution in [3.8, 4) is 5.75 Å². The topological polar surface area (TPSA) is 52.5 Å². The maximum absolute atomic E-state index is 9.88. The highest BCUT2D eigenvalue weighted by Gasteiger charge is 2.08. The van der Waals surface area contributed by atoms with Crippen molar-refractivity contribution < 1.29 is 10.2 Å². The van der Waals surface area contributed by atoms with Crippen LogP contribution in [0.25, 0.3) is 0 Å². The van der Waals surface area contributed by atoms with Crippen LogP contribution >= 0.6 is 27.3 Å². The number of phenols is 1. The standard InChI is InChI=1S/C13H14BrNO2S/c14-11-1-2-12(16)10(5-11)6-15-7-13(17)9-3-4-18-8-9/h1-5,8,13,15-17H,6-7H2. The van der Waals surface area contributed by atoms with Gasteiger partial charge in [0.25, 0.3) is 0 Å². The lowest BCUT2D eigenvalue weighted by molar-refractivity contribution is 0.174. The molecule has 1 atom stereocenters. The minimum atomic E-state index is -0.509. The number of hydrogen-bond acceptors (Lipinski definition) is 4. The molecule has 18 heavy (non-hydrogen) atoms. The van der Waals surface area contributed by atoms with Crippen molar-refractivity contribution in [3.63, 3.8) is 0 Å². The molecule has 1 aromatic heterocycles. The van der Waals surface area contributed by atoms with E-state index in [2.05, 4.69) is 21.2 Å².